The van der Waals surface area contributed by atoms with Crippen molar-refractivity contribution in [3.8, 4) is 0 Å². The molecule has 1 rings (SSSR count). The summed E-state index contributed by atoms with van der Waals surface area (Å²) in [6.07, 6.45) is 0. The summed E-state index contributed by atoms with van der Waals surface area (Å²) in [6, 6.07) is 4.21. The van der Waals surface area contributed by atoms with Crippen LogP contribution in [0.3, 0.4) is 0 Å². The Labute approximate surface area is 150 Å². The lowest BCUT2D eigenvalue weighted by molar-refractivity contribution is -0.137. The van der Waals surface area contributed by atoms with Gasteiger partial charge in [-0.05, 0) is 25.1 Å². The molecule has 0 aliphatic carbocycles. The highest BCUT2D eigenvalue weighted by atomic mass is 35.5. The molecule has 0 heterocycles. The monoisotopic (exact) mass is 394 g/mol. The average Bonchev–Trinajstić information content (AvgIpc) is 2.53. The van der Waals surface area contributed by atoms with E-state index in [0.717, 1.165) is 16.1 Å². The third-order valence-electron chi connectivity index (χ3n) is 3.01. The van der Waals surface area contributed by atoms with E-state index in [9.17, 15) is 18.0 Å². The number of carbonyl (C=O) groups excluding carboxylic acids is 2. The molecule has 1 unspecified atom stereocenters. The minimum atomic E-state index is -3.73. The number of esters is 1. The SMILES string of the molecule is COC(=O)CSC(C)C(=O)Nc1ccc(Cl)c(S(=O)(=O)N(C)C)c1. The van der Waals surface area contributed by atoms with Crippen molar-refractivity contribution in [1.82, 2.24) is 4.31 Å². The van der Waals surface area contributed by atoms with E-state index in [4.69, 9.17) is 11.6 Å². The van der Waals surface area contributed by atoms with Crippen LogP contribution in [0, 0.1) is 0 Å². The summed E-state index contributed by atoms with van der Waals surface area (Å²) in [5, 5.41) is 2.15. The Bertz CT molecular complexity index is 722. The smallest absolute Gasteiger partial charge is 0.315 e. The molecular formula is C14H19ClN2O5S2. The van der Waals surface area contributed by atoms with Gasteiger partial charge < -0.3 is 10.1 Å². The molecule has 0 aliphatic heterocycles. The minimum absolute atomic E-state index is 0.0476. The first-order valence-electron chi connectivity index (χ1n) is 6.81. The molecule has 1 aromatic carbocycles. The van der Waals surface area contributed by atoms with Crippen LogP contribution in [0.4, 0.5) is 5.69 Å². The molecule has 1 amide bonds. The fraction of sp³-hybridized carbons (Fsp3) is 0.429. The van der Waals surface area contributed by atoms with Crippen LogP contribution in [0.5, 0.6) is 0 Å². The molecule has 0 aromatic heterocycles. The number of carbonyl (C=O) groups is 2. The molecular weight excluding hydrogens is 376 g/mol. The average molecular weight is 395 g/mol. The van der Waals surface area contributed by atoms with Crippen molar-refractivity contribution in [2.45, 2.75) is 17.1 Å². The van der Waals surface area contributed by atoms with Crippen molar-refractivity contribution in [2.24, 2.45) is 0 Å². The highest BCUT2D eigenvalue weighted by Gasteiger charge is 2.22. The number of nitrogens with zero attached hydrogens (tertiary/aromatic N) is 1. The van der Waals surface area contributed by atoms with Gasteiger partial charge in [-0.25, -0.2) is 12.7 Å². The van der Waals surface area contributed by atoms with Gasteiger partial charge in [-0.3, -0.25) is 9.59 Å². The molecule has 24 heavy (non-hydrogen) atoms. The maximum atomic E-state index is 12.2. The second-order valence-corrected chi connectivity index (χ2v) is 8.81. The summed E-state index contributed by atoms with van der Waals surface area (Å²) < 4.78 is 30.0. The van der Waals surface area contributed by atoms with Crippen molar-refractivity contribution in [1.29, 1.82) is 0 Å². The van der Waals surface area contributed by atoms with Crippen molar-refractivity contribution in [3.05, 3.63) is 23.2 Å². The van der Waals surface area contributed by atoms with Gasteiger partial charge in [-0.2, -0.15) is 0 Å². The van der Waals surface area contributed by atoms with Crippen molar-refractivity contribution in [3.63, 3.8) is 0 Å². The molecule has 134 valence electrons. The number of thioether (sulfide) groups is 1. The van der Waals surface area contributed by atoms with E-state index in [-0.39, 0.29) is 21.6 Å². The van der Waals surface area contributed by atoms with E-state index < -0.39 is 21.2 Å². The molecule has 7 nitrogen and oxygen atoms in total. The summed E-state index contributed by atoms with van der Waals surface area (Å²) in [5.41, 5.74) is 0.301. The Morgan fingerprint density at radius 3 is 2.54 bits per heavy atom. The molecule has 0 spiro atoms. The fourth-order valence-electron chi connectivity index (χ4n) is 1.55. The number of anilines is 1. The lowest BCUT2D eigenvalue weighted by Gasteiger charge is -2.15. The van der Waals surface area contributed by atoms with Gasteiger partial charge in [0.25, 0.3) is 0 Å². The van der Waals surface area contributed by atoms with Crippen LogP contribution in [0.2, 0.25) is 5.02 Å². The van der Waals surface area contributed by atoms with E-state index in [0.29, 0.717) is 5.69 Å². The standard InChI is InChI=1S/C14H19ClN2O5S2/c1-9(23-8-13(18)22-4)14(19)16-10-5-6-11(15)12(7-10)24(20,21)17(2)3/h5-7,9H,8H2,1-4H3,(H,16,19). The van der Waals surface area contributed by atoms with Crippen LogP contribution in [-0.4, -0.2) is 56.8 Å². The number of amides is 1. The first kappa shape index (κ1) is 20.8. The van der Waals surface area contributed by atoms with Gasteiger partial charge in [0.05, 0.1) is 23.1 Å². The molecule has 0 saturated heterocycles. The van der Waals surface area contributed by atoms with Crippen LogP contribution in [-0.2, 0) is 24.3 Å². The first-order chi connectivity index (χ1) is 11.1. The number of methoxy groups -OCH3 is 1. The zero-order chi connectivity index (χ0) is 18.5. The summed E-state index contributed by atoms with van der Waals surface area (Å²) >= 11 is 7.07. The summed E-state index contributed by atoms with van der Waals surface area (Å²) in [5.74, 6) is -0.740. The van der Waals surface area contributed by atoms with Crippen molar-refractivity contribution in [2.75, 3.05) is 32.3 Å². The zero-order valence-corrected chi connectivity index (χ0v) is 16.1. The topological polar surface area (TPSA) is 92.8 Å². The Kier molecular flexibility index (Phi) is 7.53. The first-order valence-corrected chi connectivity index (χ1v) is 9.67. The maximum absolute atomic E-state index is 12.2. The molecule has 0 radical (unpaired) electrons. The minimum Gasteiger partial charge on any atom is -0.468 e. The van der Waals surface area contributed by atoms with Gasteiger partial charge in [0.2, 0.25) is 15.9 Å². The zero-order valence-electron chi connectivity index (χ0n) is 13.7. The molecule has 0 aliphatic rings. The van der Waals surface area contributed by atoms with Gasteiger partial charge >= 0.3 is 5.97 Å². The normalized spacial score (nSPS) is 12.8. The Morgan fingerprint density at radius 1 is 1.38 bits per heavy atom. The number of benzene rings is 1. The quantitative estimate of drug-likeness (QED) is 0.709. The molecule has 1 N–H and O–H groups in total. The Morgan fingerprint density at radius 2 is 2.00 bits per heavy atom. The van der Waals surface area contributed by atoms with Crippen LogP contribution < -0.4 is 5.32 Å². The number of hydrogen-bond acceptors (Lipinski definition) is 6. The number of halogens is 1. The van der Waals surface area contributed by atoms with Gasteiger partial charge in [0.1, 0.15) is 4.90 Å². The summed E-state index contributed by atoms with van der Waals surface area (Å²) in [7, 11) is 0.327. The van der Waals surface area contributed by atoms with E-state index in [2.05, 4.69) is 10.1 Å². The van der Waals surface area contributed by atoms with Crippen LogP contribution >= 0.6 is 23.4 Å². The van der Waals surface area contributed by atoms with Gasteiger partial charge in [-0.1, -0.05) is 11.6 Å². The number of ether oxygens (including phenoxy) is 1. The molecule has 0 bridgehead atoms. The summed E-state index contributed by atoms with van der Waals surface area (Å²) in [4.78, 5) is 23.1. The highest BCUT2D eigenvalue weighted by molar-refractivity contribution is 8.01. The third kappa shape index (κ3) is 5.37. The lowest BCUT2D eigenvalue weighted by atomic mass is 10.3. The fourth-order valence-corrected chi connectivity index (χ4v) is 3.66. The van der Waals surface area contributed by atoms with Crippen LogP contribution in [0.25, 0.3) is 0 Å². The van der Waals surface area contributed by atoms with E-state index in [1.165, 1.54) is 39.4 Å². The summed E-state index contributed by atoms with van der Waals surface area (Å²) in [6.45, 7) is 1.64. The van der Waals surface area contributed by atoms with E-state index in [1.807, 2.05) is 0 Å². The Hall–Kier alpha value is -1.29. The second-order valence-electron chi connectivity index (χ2n) is 4.95. The maximum Gasteiger partial charge on any atom is 0.315 e. The van der Waals surface area contributed by atoms with E-state index >= 15 is 0 Å². The number of hydrogen-bond donors (Lipinski definition) is 1. The third-order valence-corrected chi connectivity index (χ3v) is 6.42. The predicted octanol–water partition coefficient (Wildman–Crippen LogP) is 1.82. The van der Waals surface area contributed by atoms with Gasteiger partial charge in [0.15, 0.2) is 0 Å². The molecule has 1 aromatic rings. The van der Waals surface area contributed by atoms with Gasteiger partial charge in [-0.15, -0.1) is 11.8 Å². The lowest BCUT2D eigenvalue weighted by Crippen LogP contribution is -2.25. The second kappa shape index (κ2) is 8.70. The molecule has 0 saturated carbocycles. The number of sulfonamides is 1. The molecule has 10 heteroatoms. The van der Waals surface area contributed by atoms with Crippen molar-refractivity contribution < 1.29 is 22.7 Å². The van der Waals surface area contributed by atoms with Crippen LogP contribution in [0.1, 0.15) is 6.92 Å². The molecule has 1 atom stereocenters. The number of rotatable bonds is 7. The highest BCUT2D eigenvalue weighted by Crippen LogP contribution is 2.27. The van der Waals surface area contributed by atoms with E-state index in [1.54, 1.807) is 6.92 Å². The number of nitrogens with one attached hydrogen (secondary N) is 1. The Balaban J connectivity index is 2.89. The van der Waals surface area contributed by atoms with Gasteiger partial charge in [0, 0.05) is 19.8 Å². The predicted molar refractivity (Wildman–Crippen MR) is 94.9 cm³/mol. The van der Waals surface area contributed by atoms with Crippen molar-refractivity contribution >= 4 is 50.9 Å². The molecule has 0 fully saturated rings. The largest absolute Gasteiger partial charge is 0.468 e. The van der Waals surface area contributed by atoms with Crippen LogP contribution in [0.15, 0.2) is 23.1 Å².